The Morgan fingerprint density at radius 3 is 2.24 bits per heavy atom. The van der Waals surface area contributed by atoms with E-state index in [0.717, 1.165) is 19.0 Å². The van der Waals surface area contributed by atoms with Crippen LogP contribution in [-0.2, 0) is 11.2 Å². The lowest BCUT2D eigenvalue weighted by Gasteiger charge is -2.09. The quantitative estimate of drug-likeness (QED) is 0.479. The van der Waals surface area contributed by atoms with Crippen molar-refractivity contribution in [2.24, 2.45) is 5.73 Å². The van der Waals surface area contributed by atoms with Crippen molar-refractivity contribution in [3.8, 4) is 17.2 Å². The number of hydrogen-bond donors (Lipinski definition) is 2. The topological polar surface area (TPSA) is 72.6 Å². The third kappa shape index (κ3) is 4.55. The Balaban J connectivity index is 2.11. The zero-order valence-electron chi connectivity index (χ0n) is 10.9. The van der Waals surface area contributed by atoms with E-state index in [9.17, 15) is 9.90 Å². The first-order valence-corrected chi connectivity index (χ1v) is 8.31. The molecule has 0 aromatic heterocycles. The molecule has 1 unspecified atom stereocenters. The molecular formula is C15H13I2NO3. The van der Waals surface area contributed by atoms with E-state index < -0.39 is 6.04 Å². The van der Waals surface area contributed by atoms with Crippen molar-refractivity contribution >= 4 is 51.5 Å². The molecule has 3 N–H and O–H groups in total. The van der Waals surface area contributed by atoms with Crippen molar-refractivity contribution in [1.29, 1.82) is 0 Å². The van der Waals surface area contributed by atoms with Gasteiger partial charge in [0.05, 0.1) is 13.2 Å². The fraction of sp³-hybridized carbons (Fsp3) is 0.133. The number of rotatable bonds is 5. The van der Waals surface area contributed by atoms with Crippen LogP contribution in [0.3, 0.4) is 0 Å². The molecule has 6 heteroatoms. The van der Waals surface area contributed by atoms with E-state index in [1.807, 2.05) is 24.3 Å². The van der Waals surface area contributed by atoms with Crippen LogP contribution in [0.15, 0.2) is 36.4 Å². The predicted molar refractivity (Wildman–Crippen MR) is 97.8 cm³/mol. The molecule has 0 saturated heterocycles. The lowest BCUT2D eigenvalue weighted by atomic mass is 10.1. The number of carbonyl (C=O) groups is 1. The minimum Gasteiger partial charge on any atom is -0.506 e. The van der Waals surface area contributed by atoms with Crippen molar-refractivity contribution in [2.75, 3.05) is 0 Å². The van der Waals surface area contributed by atoms with Crippen LogP contribution in [-0.4, -0.2) is 17.4 Å². The highest BCUT2D eigenvalue weighted by atomic mass is 127. The number of halogens is 2. The number of carbonyl (C=O) groups excluding carboxylic acids is 1. The Hall–Kier alpha value is -0.870. The minimum absolute atomic E-state index is 0.266. The van der Waals surface area contributed by atoms with Crippen LogP contribution in [0, 0.1) is 7.14 Å². The summed E-state index contributed by atoms with van der Waals surface area (Å²) in [5, 5.41) is 9.73. The van der Waals surface area contributed by atoms with E-state index in [2.05, 4.69) is 45.2 Å². The normalized spacial score (nSPS) is 12.0. The van der Waals surface area contributed by atoms with Gasteiger partial charge in [-0.3, -0.25) is 0 Å². The van der Waals surface area contributed by atoms with Gasteiger partial charge in [-0.1, -0.05) is 12.1 Å². The smallest absolute Gasteiger partial charge is 0.142 e. The van der Waals surface area contributed by atoms with Gasteiger partial charge in [-0.2, -0.15) is 0 Å². The number of ether oxygens (including phenoxy) is 1. The van der Waals surface area contributed by atoms with Gasteiger partial charge in [-0.15, -0.1) is 0 Å². The summed E-state index contributed by atoms with van der Waals surface area (Å²) in [6.07, 6.45) is 1.25. The maximum absolute atomic E-state index is 10.5. The predicted octanol–water partition coefficient (Wildman–Crippen LogP) is 3.46. The summed E-state index contributed by atoms with van der Waals surface area (Å²) >= 11 is 4.12. The Bertz CT molecular complexity index is 621. The number of aldehydes is 1. The third-order valence-corrected chi connectivity index (χ3v) is 4.44. The standard InChI is InChI=1S/C15H13I2NO3/c16-13-6-12(7-14(17)15(13)20)21-11-3-1-9(2-4-11)5-10(18)8-19/h1-4,6-8,10,20H,5,18H2. The van der Waals surface area contributed by atoms with Crippen LogP contribution in [0.4, 0.5) is 0 Å². The first-order valence-electron chi connectivity index (χ1n) is 6.15. The molecule has 0 aliphatic heterocycles. The van der Waals surface area contributed by atoms with Crippen molar-refractivity contribution in [2.45, 2.75) is 12.5 Å². The summed E-state index contributed by atoms with van der Waals surface area (Å²) in [5.41, 5.74) is 6.57. The molecule has 110 valence electrons. The van der Waals surface area contributed by atoms with Gasteiger partial charge in [-0.25, -0.2) is 0 Å². The molecule has 0 spiro atoms. The Morgan fingerprint density at radius 1 is 1.14 bits per heavy atom. The fourth-order valence-corrected chi connectivity index (χ4v) is 3.46. The van der Waals surface area contributed by atoms with Gasteiger partial charge in [0.25, 0.3) is 0 Å². The molecule has 0 saturated carbocycles. The molecule has 0 amide bonds. The maximum atomic E-state index is 10.5. The van der Waals surface area contributed by atoms with Gasteiger partial charge in [0.15, 0.2) is 0 Å². The lowest BCUT2D eigenvalue weighted by molar-refractivity contribution is -0.108. The van der Waals surface area contributed by atoms with E-state index >= 15 is 0 Å². The average molecular weight is 509 g/mol. The molecule has 0 heterocycles. The number of hydrogen-bond acceptors (Lipinski definition) is 4. The van der Waals surface area contributed by atoms with Crippen LogP contribution in [0.2, 0.25) is 0 Å². The molecule has 0 fully saturated rings. The highest BCUT2D eigenvalue weighted by Gasteiger charge is 2.08. The Morgan fingerprint density at radius 2 is 1.71 bits per heavy atom. The summed E-state index contributed by atoms with van der Waals surface area (Å²) in [4.78, 5) is 10.5. The highest BCUT2D eigenvalue weighted by molar-refractivity contribution is 14.1. The molecule has 0 aliphatic rings. The van der Waals surface area contributed by atoms with E-state index in [-0.39, 0.29) is 5.75 Å². The van der Waals surface area contributed by atoms with E-state index in [0.29, 0.717) is 17.9 Å². The van der Waals surface area contributed by atoms with Crippen LogP contribution in [0.1, 0.15) is 5.56 Å². The second kappa shape index (κ2) is 7.41. The van der Waals surface area contributed by atoms with E-state index in [1.165, 1.54) is 0 Å². The van der Waals surface area contributed by atoms with Crippen molar-refractivity contribution in [1.82, 2.24) is 0 Å². The Kier molecular flexibility index (Phi) is 5.82. The van der Waals surface area contributed by atoms with Gasteiger partial charge in [-0.05, 0) is 81.4 Å². The van der Waals surface area contributed by atoms with Crippen LogP contribution >= 0.6 is 45.2 Å². The molecule has 0 aliphatic carbocycles. The number of nitrogens with two attached hydrogens (primary N) is 1. The summed E-state index contributed by atoms with van der Waals surface area (Å²) < 4.78 is 7.24. The van der Waals surface area contributed by atoms with Gasteiger partial charge in [0, 0.05) is 0 Å². The molecule has 0 radical (unpaired) electrons. The summed E-state index contributed by atoms with van der Waals surface area (Å²) in [6, 6.07) is 10.5. The number of benzene rings is 2. The van der Waals surface area contributed by atoms with Crippen LogP contribution < -0.4 is 10.5 Å². The Labute approximate surface area is 150 Å². The second-order valence-electron chi connectivity index (χ2n) is 4.49. The second-order valence-corrected chi connectivity index (χ2v) is 6.81. The number of aromatic hydroxyl groups is 1. The van der Waals surface area contributed by atoms with Crippen molar-refractivity contribution < 1.29 is 14.6 Å². The third-order valence-electron chi connectivity index (χ3n) is 2.80. The largest absolute Gasteiger partial charge is 0.506 e. The molecule has 0 bridgehead atoms. The molecule has 21 heavy (non-hydrogen) atoms. The molecule has 1 atom stereocenters. The molecular weight excluding hydrogens is 496 g/mol. The minimum atomic E-state index is -0.475. The summed E-state index contributed by atoms with van der Waals surface area (Å²) in [5.74, 6) is 1.62. The molecule has 2 aromatic carbocycles. The molecule has 4 nitrogen and oxygen atoms in total. The maximum Gasteiger partial charge on any atom is 0.142 e. The van der Waals surface area contributed by atoms with E-state index in [4.69, 9.17) is 10.5 Å². The van der Waals surface area contributed by atoms with Crippen LogP contribution in [0.25, 0.3) is 0 Å². The van der Waals surface area contributed by atoms with Crippen LogP contribution in [0.5, 0.6) is 17.2 Å². The monoisotopic (exact) mass is 509 g/mol. The van der Waals surface area contributed by atoms with Gasteiger partial charge in [0.1, 0.15) is 23.5 Å². The van der Waals surface area contributed by atoms with Crippen molar-refractivity contribution in [3.63, 3.8) is 0 Å². The average Bonchev–Trinajstić information content (AvgIpc) is 2.46. The number of phenolic OH excluding ortho intramolecular Hbond substituents is 1. The SMILES string of the molecule is NC(C=O)Cc1ccc(Oc2cc(I)c(O)c(I)c2)cc1. The summed E-state index contributed by atoms with van der Waals surface area (Å²) in [7, 11) is 0. The van der Waals surface area contributed by atoms with Gasteiger partial charge in [0.2, 0.25) is 0 Å². The van der Waals surface area contributed by atoms with Gasteiger partial charge >= 0.3 is 0 Å². The van der Waals surface area contributed by atoms with Crippen molar-refractivity contribution in [3.05, 3.63) is 49.1 Å². The summed E-state index contributed by atoms with van der Waals surface area (Å²) in [6.45, 7) is 0. The zero-order valence-corrected chi connectivity index (χ0v) is 15.2. The molecule has 2 aromatic rings. The first-order chi connectivity index (χ1) is 9.99. The van der Waals surface area contributed by atoms with Gasteiger partial charge < -0.3 is 20.4 Å². The van der Waals surface area contributed by atoms with E-state index in [1.54, 1.807) is 12.1 Å². The lowest BCUT2D eigenvalue weighted by Crippen LogP contribution is -2.23. The highest BCUT2D eigenvalue weighted by Crippen LogP contribution is 2.32. The molecule has 2 rings (SSSR count). The first kappa shape index (κ1) is 16.5. The number of phenols is 1. The fourth-order valence-electron chi connectivity index (χ4n) is 1.75. The zero-order chi connectivity index (χ0) is 15.4.